The normalized spacial score (nSPS) is 14.5. The molecular weight excluding hydrogens is 444 g/mol. The Morgan fingerprint density at radius 3 is 2.06 bits per heavy atom. The summed E-state index contributed by atoms with van der Waals surface area (Å²) in [7, 11) is 0. The van der Waals surface area contributed by atoms with E-state index in [1.54, 1.807) is 20.8 Å². The highest BCUT2D eigenvalue weighted by atomic mass is 16.6. The van der Waals surface area contributed by atoms with Crippen molar-refractivity contribution in [1.29, 1.82) is 0 Å². The van der Waals surface area contributed by atoms with Gasteiger partial charge in [0.2, 0.25) is 0 Å². The third-order valence-corrected chi connectivity index (χ3v) is 6.09. The highest BCUT2D eigenvalue weighted by Crippen LogP contribution is 2.31. The maximum absolute atomic E-state index is 13.1. The van der Waals surface area contributed by atoms with Crippen molar-refractivity contribution < 1.29 is 23.9 Å². The van der Waals surface area contributed by atoms with Gasteiger partial charge in [-0.25, -0.2) is 9.59 Å². The average Bonchev–Trinajstić information content (AvgIpc) is 3.04. The molecule has 0 unspecified atom stereocenters. The molecule has 0 spiro atoms. The fourth-order valence-corrected chi connectivity index (χ4v) is 4.12. The second-order valence-electron chi connectivity index (χ2n) is 10.5. The third kappa shape index (κ3) is 5.66. The number of imide groups is 1. The van der Waals surface area contributed by atoms with E-state index in [0.717, 1.165) is 22.3 Å². The zero-order valence-corrected chi connectivity index (χ0v) is 22.0. The van der Waals surface area contributed by atoms with E-state index >= 15 is 0 Å². The van der Waals surface area contributed by atoms with Crippen molar-refractivity contribution in [3.63, 3.8) is 0 Å². The molecule has 0 saturated carbocycles. The Morgan fingerprint density at radius 1 is 0.971 bits per heavy atom. The summed E-state index contributed by atoms with van der Waals surface area (Å²) in [6.45, 7) is 15.7. The lowest BCUT2D eigenvalue weighted by Gasteiger charge is -2.26. The predicted octanol–water partition coefficient (Wildman–Crippen LogP) is 5.29. The van der Waals surface area contributed by atoms with E-state index in [2.05, 4.69) is 20.8 Å². The van der Waals surface area contributed by atoms with E-state index in [4.69, 9.17) is 9.47 Å². The van der Waals surface area contributed by atoms with Gasteiger partial charge in [0.1, 0.15) is 12.3 Å². The van der Waals surface area contributed by atoms with E-state index < -0.39 is 11.6 Å². The van der Waals surface area contributed by atoms with E-state index in [9.17, 15) is 14.4 Å². The molecule has 0 aliphatic carbocycles. The van der Waals surface area contributed by atoms with Gasteiger partial charge in [-0.2, -0.15) is 0 Å². The van der Waals surface area contributed by atoms with Crippen molar-refractivity contribution in [2.75, 3.05) is 18.1 Å². The van der Waals surface area contributed by atoms with Crippen LogP contribution < -0.4 is 9.64 Å². The highest BCUT2D eigenvalue weighted by molar-refractivity contribution is 6.12. The summed E-state index contributed by atoms with van der Waals surface area (Å²) in [5.41, 5.74) is 3.17. The number of urea groups is 1. The average molecular weight is 481 g/mol. The van der Waals surface area contributed by atoms with Gasteiger partial charge in [-0.1, -0.05) is 45.0 Å². The van der Waals surface area contributed by atoms with Crippen LogP contribution in [0.2, 0.25) is 0 Å². The van der Waals surface area contributed by atoms with Gasteiger partial charge in [-0.05, 0) is 74.4 Å². The van der Waals surface area contributed by atoms with Gasteiger partial charge in [-0.15, -0.1) is 0 Å². The number of esters is 1. The quantitative estimate of drug-likeness (QED) is 0.398. The Labute approximate surface area is 208 Å². The summed E-state index contributed by atoms with van der Waals surface area (Å²) < 4.78 is 11.1. The molecule has 1 aliphatic heterocycles. The summed E-state index contributed by atoms with van der Waals surface area (Å²) in [4.78, 5) is 40.9. The van der Waals surface area contributed by atoms with E-state index in [-0.39, 0.29) is 37.0 Å². The Morgan fingerprint density at radius 2 is 1.54 bits per heavy atom. The molecule has 0 radical (unpaired) electrons. The second kappa shape index (κ2) is 9.72. The molecule has 0 aromatic heterocycles. The molecule has 7 nitrogen and oxygen atoms in total. The number of rotatable bonds is 7. The molecule has 1 saturated heterocycles. The highest BCUT2D eigenvalue weighted by Gasteiger charge is 2.37. The van der Waals surface area contributed by atoms with Crippen LogP contribution in [0.5, 0.6) is 5.75 Å². The summed E-state index contributed by atoms with van der Waals surface area (Å²) in [6, 6.07) is 11.2. The molecule has 1 heterocycles. The lowest BCUT2D eigenvalue weighted by molar-refractivity contribution is -0.158. The number of carbonyl (C=O) groups is 3. The first kappa shape index (κ1) is 26.3. The summed E-state index contributed by atoms with van der Waals surface area (Å²) in [5, 5.41) is 0. The van der Waals surface area contributed by atoms with E-state index in [1.165, 1.54) is 9.80 Å². The molecule has 0 bridgehead atoms. The van der Waals surface area contributed by atoms with E-state index in [1.807, 2.05) is 50.2 Å². The first-order valence-electron chi connectivity index (χ1n) is 11.9. The Hall–Kier alpha value is -3.35. The van der Waals surface area contributed by atoms with Crippen LogP contribution in [-0.2, 0) is 26.3 Å². The van der Waals surface area contributed by atoms with Gasteiger partial charge >= 0.3 is 12.0 Å². The topological polar surface area (TPSA) is 76.2 Å². The van der Waals surface area contributed by atoms with Crippen LogP contribution in [0.4, 0.5) is 10.5 Å². The minimum atomic E-state index is -1.14. The Balaban J connectivity index is 1.77. The number of amides is 3. The predicted molar refractivity (Wildman–Crippen MR) is 136 cm³/mol. The number of anilines is 1. The van der Waals surface area contributed by atoms with Crippen molar-refractivity contribution in [1.82, 2.24) is 4.90 Å². The number of carbonyl (C=O) groups excluding carboxylic acids is 3. The molecule has 0 atom stereocenters. The lowest BCUT2D eigenvalue weighted by atomic mass is 9.87. The zero-order valence-electron chi connectivity index (χ0n) is 22.0. The number of benzene rings is 2. The summed E-state index contributed by atoms with van der Waals surface area (Å²) in [6.07, 6.45) is 0. The smallest absolute Gasteiger partial charge is 0.349 e. The summed E-state index contributed by atoms with van der Waals surface area (Å²) in [5.74, 6) is -0.0906. The minimum Gasteiger partial charge on any atom is -0.476 e. The zero-order chi connectivity index (χ0) is 26.1. The molecule has 2 aromatic carbocycles. The van der Waals surface area contributed by atoms with Crippen molar-refractivity contribution in [2.24, 2.45) is 0 Å². The monoisotopic (exact) mass is 480 g/mol. The number of hydrogen-bond donors (Lipinski definition) is 0. The number of ether oxygens (including phenoxy) is 2. The Kier molecular flexibility index (Phi) is 7.29. The first-order valence-corrected chi connectivity index (χ1v) is 11.9. The van der Waals surface area contributed by atoms with Gasteiger partial charge in [-0.3, -0.25) is 14.6 Å². The van der Waals surface area contributed by atoms with Crippen LogP contribution in [-0.4, -0.2) is 41.6 Å². The van der Waals surface area contributed by atoms with Gasteiger partial charge in [0.15, 0.2) is 5.60 Å². The molecule has 2 aromatic rings. The van der Waals surface area contributed by atoms with Crippen LogP contribution >= 0.6 is 0 Å². The molecule has 1 aliphatic rings. The van der Waals surface area contributed by atoms with Gasteiger partial charge in [0, 0.05) is 5.69 Å². The maximum Gasteiger partial charge on any atom is 0.349 e. The molecule has 3 amide bonds. The largest absolute Gasteiger partial charge is 0.476 e. The molecule has 3 rings (SSSR count). The number of aryl methyl sites for hydroxylation is 2. The molecule has 7 heteroatoms. The van der Waals surface area contributed by atoms with Gasteiger partial charge in [0.05, 0.1) is 13.2 Å². The van der Waals surface area contributed by atoms with Gasteiger partial charge in [0.25, 0.3) is 5.91 Å². The van der Waals surface area contributed by atoms with Crippen LogP contribution in [0.3, 0.4) is 0 Å². The lowest BCUT2D eigenvalue weighted by Crippen LogP contribution is -2.40. The van der Waals surface area contributed by atoms with E-state index in [0.29, 0.717) is 11.4 Å². The molecule has 188 valence electrons. The van der Waals surface area contributed by atoms with Crippen molar-refractivity contribution in [3.05, 3.63) is 58.7 Å². The SMILES string of the molecule is CCOC(=O)C(C)(C)Oc1c(C)cc(CN2C(=O)CN(c3ccc(C(C)(C)C)cc3)C2=O)cc1C. The maximum atomic E-state index is 13.1. The minimum absolute atomic E-state index is 0.00648. The molecule has 35 heavy (non-hydrogen) atoms. The van der Waals surface area contributed by atoms with Crippen LogP contribution in [0.25, 0.3) is 0 Å². The van der Waals surface area contributed by atoms with Crippen LogP contribution in [0.15, 0.2) is 36.4 Å². The van der Waals surface area contributed by atoms with Crippen molar-refractivity contribution >= 4 is 23.6 Å². The Bertz CT molecular complexity index is 1110. The third-order valence-electron chi connectivity index (χ3n) is 6.09. The van der Waals surface area contributed by atoms with Crippen LogP contribution in [0, 0.1) is 13.8 Å². The van der Waals surface area contributed by atoms with Crippen molar-refractivity contribution in [2.45, 2.75) is 73.0 Å². The van der Waals surface area contributed by atoms with Crippen molar-refractivity contribution in [3.8, 4) is 5.75 Å². The fourth-order valence-electron chi connectivity index (χ4n) is 4.12. The first-order chi connectivity index (χ1) is 16.2. The molecule has 0 N–H and O–H groups in total. The molecular formula is C28H36N2O5. The molecule has 1 fully saturated rings. The van der Waals surface area contributed by atoms with Gasteiger partial charge < -0.3 is 9.47 Å². The number of hydrogen-bond acceptors (Lipinski definition) is 5. The fraction of sp³-hybridized carbons (Fsp3) is 0.464. The second-order valence-corrected chi connectivity index (χ2v) is 10.5. The number of nitrogens with zero attached hydrogens (tertiary/aromatic N) is 2. The standard InChI is InChI=1S/C28H36N2O5/c1-9-34-25(32)28(7,8)35-24-18(2)14-20(15-19(24)3)16-30-23(31)17-29(26(30)33)22-12-10-21(11-13-22)27(4,5)6/h10-15H,9,16-17H2,1-8H3. The summed E-state index contributed by atoms with van der Waals surface area (Å²) >= 11 is 0. The van der Waals surface area contributed by atoms with Crippen LogP contribution in [0.1, 0.15) is 63.8 Å².